The van der Waals surface area contributed by atoms with Crippen molar-refractivity contribution in [2.45, 2.75) is 48.6 Å². The molecule has 6 rings (SSSR count). The van der Waals surface area contributed by atoms with Gasteiger partial charge in [0.15, 0.2) is 5.01 Å². The van der Waals surface area contributed by atoms with Gasteiger partial charge < -0.3 is 10.6 Å². The van der Waals surface area contributed by atoms with Crippen LogP contribution in [0.2, 0.25) is 0 Å². The highest BCUT2D eigenvalue weighted by molar-refractivity contribution is 7.89. The minimum atomic E-state index is -3.77. The first-order chi connectivity index (χ1) is 16.6. The number of rotatable bonds is 7. The molecule has 14 heteroatoms. The van der Waals surface area contributed by atoms with Crippen molar-refractivity contribution >= 4 is 43.8 Å². The maximum absolute atomic E-state index is 13.3. The lowest BCUT2D eigenvalue weighted by atomic mass is 9.83. The fourth-order valence-electron chi connectivity index (χ4n) is 5.13. The van der Waals surface area contributed by atoms with Gasteiger partial charge in [-0.05, 0) is 44.4 Å². The van der Waals surface area contributed by atoms with Crippen LogP contribution in [0.3, 0.4) is 0 Å². The second-order valence-electron chi connectivity index (χ2n) is 9.87. The van der Waals surface area contributed by atoms with Gasteiger partial charge >= 0.3 is 0 Å². The summed E-state index contributed by atoms with van der Waals surface area (Å²) in [7, 11) is -3.77. The number of fused-ring (bicyclic) bond motifs is 4. The van der Waals surface area contributed by atoms with Crippen LogP contribution in [0, 0.1) is 0 Å². The van der Waals surface area contributed by atoms with Crippen molar-refractivity contribution in [2.24, 2.45) is 10.7 Å². The number of aliphatic imine (C=N–C) groups is 1. The van der Waals surface area contributed by atoms with E-state index in [1.54, 1.807) is 23.1 Å². The van der Waals surface area contributed by atoms with Gasteiger partial charge in [-0.25, -0.2) is 21.9 Å². The standard InChI is InChI=1S/C21H26F2N8O2S2/c1-20(4-5-20)28-35(32,33)13-2-3-14-15(10-13)30(19-27-26-17(34-19)16(22)23)18-25-8-6-21(31(14)18)11-29(12-21)9-7-24/h2-3,10,16,28H,4-9,11-12,24H2,1H3. The van der Waals surface area contributed by atoms with E-state index >= 15 is 0 Å². The zero-order valence-corrected chi connectivity index (χ0v) is 20.7. The van der Waals surface area contributed by atoms with E-state index in [-0.39, 0.29) is 15.6 Å². The van der Waals surface area contributed by atoms with Crippen LogP contribution in [0.4, 0.5) is 25.3 Å². The van der Waals surface area contributed by atoms with Gasteiger partial charge in [-0.15, -0.1) is 10.2 Å². The van der Waals surface area contributed by atoms with Gasteiger partial charge in [-0.3, -0.25) is 14.8 Å². The predicted molar refractivity (Wildman–Crippen MR) is 129 cm³/mol. The second kappa shape index (κ2) is 7.87. The molecule has 4 heterocycles. The molecule has 0 bridgehead atoms. The summed E-state index contributed by atoms with van der Waals surface area (Å²) < 4.78 is 55.7. The molecule has 1 saturated carbocycles. The van der Waals surface area contributed by atoms with Gasteiger partial charge in [-0.1, -0.05) is 11.3 Å². The first-order valence-corrected chi connectivity index (χ1v) is 13.8. The number of anilines is 3. The highest BCUT2D eigenvalue weighted by Gasteiger charge is 2.55. The van der Waals surface area contributed by atoms with Gasteiger partial charge in [0.25, 0.3) is 6.43 Å². The van der Waals surface area contributed by atoms with E-state index in [0.29, 0.717) is 24.7 Å². The summed E-state index contributed by atoms with van der Waals surface area (Å²) in [4.78, 5) is 10.9. The molecule has 2 aromatic rings. The molecule has 4 aliphatic rings. The molecule has 3 aliphatic heterocycles. The molecule has 3 N–H and O–H groups in total. The van der Waals surface area contributed by atoms with Crippen molar-refractivity contribution in [1.82, 2.24) is 19.8 Å². The third-order valence-corrected chi connectivity index (χ3v) is 9.67. The monoisotopic (exact) mass is 524 g/mol. The van der Waals surface area contributed by atoms with Crippen molar-refractivity contribution < 1.29 is 17.2 Å². The fraction of sp³-hybridized carbons (Fsp3) is 0.571. The van der Waals surface area contributed by atoms with Crippen molar-refractivity contribution in [3.8, 4) is 0 Å². The molecule has 1 aliphatic carbocycles. The molecule has 0 atom stereocenters. The minimum absolute atomic E-state index is 0.112. The topological polar surface area (TPSA) is 120 Å². The highest BCUT2D eigenvalue weighted by Crippen LogP contribution is 2.51. The summed E-state index contributed by atoms with van der Waals surface area (Å²) in [5.74, 6) is 0.562. The zero-order chi connectivity index (χ0) is 24.6. The number of sulfonamides is 1. The number of alkyl halides is 2. The lowest BCUT2D eigenvalue weighted by Gasteiger charge is -2.56. The molecule has 1 aromatic carbocycles. The Balaban J connectivity index is 1.45. The summed E-state index contributed by atoms with van der Waals surface area (Å²) in [6.45, 7) is 5.37. The molecule has 1 saturated heterocycles. The third kappa shape index (κ3) is 3.73. The smallest absolute Gasteiger partial charge is 0.291 e. The van der Waals surface area contributed by atoms with Crippen LogP contribution < -0.4 is 20.3 Å². The van der Waals surface area contributed by atoms with Crippen molar-refractivity contribution in [3.05, 3.63) is 23.2 Å². The number of hydrogen-bond donors (Lipinski definition) is 2. The molecule has 10 nitrogen and oxygen atoms in total. The number of hydrogen-bond acceptors (Lipinski definition) is 10. The fourth-order valence-corrected chi connectivity index (χ4v) is 7.33. The Bertz CT molecular complexity index is 1300. The predicted octanol–water partition coefficient (Wildman–Crippen LogP) is 2.04. The lowest BCUT2D eigenvalue weighted by Crippen LogP contribution is -2.73. The van der Waals surface area contributed by atoms with E-state index in [9.17, 15) is 17.2 Å². The lowest BCUT2D eigenvalue weighted by molar-refractivity contribution is 0.0691. The summed E-state index contributed by atoms with van der Waals surface area (Å²) in [5, 5.41) is 7.52. The van der Waals surface area contributed by atoms with Gasteiger partial charge in [0.05, 0.1) is 21.8 Å². The number of aromatic nitrogens is 2. The summed E-state index contributed by atoms with van der Waals surface area (Å²) in [5.41, 5.74) is 6.42. The number of halogens is 2. The Morgan fingerprint density at radius 3 is 2.63 bits per heavy atom. The number of benzene rings is 1. The summed E-state index contributed by atoms with van der Waals surface area (Å²) >= 11 is 0.780. The van der Waals surface area contributed by atoms with E-state index in [4.69, 9.17) is 10.7 Å². The number of nitrogens with two attached hydrogens (primary N) is 1. The van der Waals surface area contributed by atoms with Crippen LogP contribution in [0.1, 0.15) is 37.6 Å². The van der Waals surface area contributed by atoms with E-state index in [0.717, 1.165) is 55.9 Å². The number of nitrogens with one attached hydrogen (secondary N) is 1. The number of nitrogens with zero attached hydrogens (tertiary/aromatic N) is 6. The van der Waals surface area contributed by atoms with Crippen LogP contribution in [-0.4, -0.2) is 73.3 Å². The van der Waals surface area contributed by atoms with Gasteiger partial charge in [0.2, 0.25) is 21.1 Å². The minimum Gasteiger partial charge on any atom is -0.329 e. The Morgan fingerprint density at radius 1 is 1.20 bits per heavy atom. The Morgan fingerprint density at radius 2 is 1.97 bits per heavy atom. The second-order valence-corrected chi connectivity index (χ2v) is 12.5. The quantitative estimate of drug-likeness (QED) is 0.565. The Kier molecular flexibility index (Phi) is 5.21. The molecule has 2 fully saturated rings. The van der Waals surface area contributed by atoms with Crippen LogP contribution in [0.15, 0.2) is 28.1 Å². The molecular weight excluding hydrogens is 498 g/mol. The molecule has 1 spiro atoms. The SMILES string of the molecule is CC1(NS(=O)(=O)c2ccc3c(c2)N(c2nnc(C(F)F)s2)C2=NCCC4(CN(CCN)C4)N23)CC1. The molecular formula is C21H26F2N8O2S2. The first-order valence-electron chi connectivity index (χ1n) is 11.5. The zero-order valence-electron chi connectivity index (χ0n) is 19.1. The molecule has 0 radical (unpaired) electrons. The Labute approximate surface area is 205 Å². The van der Waals surface area contributed by atoms with E-state index in [1.807, 2.05) is 6.92 Å². The van der Waals surface area contributed by atoms with Crippen LogP contribution >= 0.6 is 11.3 Å². The van der Waals surface area contributed by atoms with E-state index in [2.05, 4.69) is 24.7 Å². The maximum atomic E-state index is 13.3. The maximum Gasteiger partial charge on any atom is 0.291 e. The van der Waals surface area contributed by atoms with Crippen molar-refractivity contribution in [2.75, 3.05) is 42.5 Å². The van der Waals surface area contributed by atoms with Gasteiger partial charge in [0, 0.05) is 38.3 Å². The summed E-state index contributed by atoms with van der Waals surface area (Å²) in [6, 6.07) is 4.96. The van der Waals surface area contributed by atoms with E-state index < -0.39 is 27.0 Å². The largest absolute Gasteiger partial charge is 0.329 e. The molecule has 188 valence electrons. The molecule has 0 unspecified atom stereocenters. The molecule has 35 heavy (non-hydrogen) atoms. The van der Waals surface area contributed by atoms with Crippen LogP contribution in [0.5, 0.6) is 0 Å². The number of guanidine groups is 1. The normalized spacial score (nSPS) is 22.3. The molecule has 1 aromatic heterocycles. The van der Waals surface area contributed by atoms with Crippen LogP contribution in [0.25, 0.3) is 0 Å². The average Bonchev–Trinajstić information content (AvgIpc) is 3.19. The van der Waals surface area contributed by atoms with Crippen LogP contribution in [-0.2, 0) is 10.0 Å². The Hall–Kier alpha value is -2.26. The van der Waals surface area contributed by atoms with Gasteiger partial charge in [0.1, 0.15) is 0 Å². The number of likely N-dealkylation sites (tertiary alicyclic amines) is 1. The third-order valence-electron chi connectivity index (χ3n) is 7.11. The van der Waals surface area contributed by atoms with Crippen molar-refractivity contribution in [1.29, 1.82) is 0 Å². The van der Waals surface area contributed by atoms with Gasteiger partial charge in [-0.2, -0.15) is 0 Å². The highest BCUT2D eigenvalue weighted by atomic mass is 32.2. The first kappa shape index (κ1) is 23.2. The van der Waals surface area contributed by atoms with E-state index in [1.165, 1.54) is 0 Å². The molecule has 0 amide bonds. The van der Waals surface area contributed by atoms with Crippen molar-refractivity contribution in [3.63, 3.8) is 0 Å². The summed E-state index contributed by atoms with van der Waals surface area (Å²) in [6.07, 6.45) is -0.345. The average molecular weight is 525 g/mol.